The molecule has 0 aliphatic heterocycles. The summed E-state index contributed by atoms with van der Waals surface area (Å²) >= 11 is 11.0. The van der Waals surface area contributed by atoms with E-state index in [9.17, 15) is 18.9 Å². The zero-order chi connectivity index (χ0) is 11.6. The van der Waals surface area contributed by atoms with E-state index in [1.807, 2.05) is 0 Å². The number of rotatable bonds is 3. The predicted molar refractivity (Wildman–Crippen MR) is 49.7 cm³/mol. The molecule has 15 heavy (non-hydrogen) atoms. The average molecular weight is 258 g/mol. The summed E-state index contributed by atoms with van der Waals surface area (Å²) in [5.41, 5.74) is -0.774. The number of nitrogens with zero attached hydrogens (tertiary/aromatic N) is 1. The van der Waals surface area contributed by atoms with Crippen LogP contribution in [0.1, 0.15) is 0 Å². The normalized spacial score (nSPS) is 10.5. The highest BCUT2D eigenvalue weighted by Gasteiger charge is 2.24. The lowest BCUT2D eigenvalue weighted by Crippen LogP contribution is -2.04. The van der Waals surface area contributed by atoms with Crippen LogP contribution < -0.4 is 4.74 Å². The van der Waals surface area contributed by atoms with Gasteiger partial charge >= 0.3 is 12.3 Å². The highest BCUT2D eigenvalue weighted by atomic mass is 35.5. The third kappa shape index (κ3) is 2.66. The van der Waals surface area contributed by atoms with Crippen molar-refractivity contribution in [3.63, 3.8) is 0 Å². The second-order valence-corrected chi connectivity index (χ2v) is 3.13. The van der Waals surface area contributed by atoms with Crippen LogP contribution in [-0.2, 0) is 0 Å². The second kappa shape index (κ2) is 4.59. The molecule has 0 amide bonds. The molecule has 0 radical (unpaired) electrons. The summed E-state index contributed by atoms with van der Waals surface area (Å²) in [4.78, 5) is 9.58. The van der Waals surface area contributed by atoms with Gasteiger partial charge in [0.1, 0.15) is 5.02 Å². The Morgan fingerprint density at radius 1 is 1.40 bits per heavy atom. The van der Waals surface area contributed by atoms with Crippen LogP contribution in [0.3, 0.4) is 0 Å². The van der Waals surface area contributed by atoms with Crippen molar-refractivity contribution in [2.45, 2.75) is 6.61 Å². The lowest BCUT2D eigenvalue weighted by molar-refractivity contribution is -0.386. The summed E-state index contributed by atoms with van der Waals surface area (Å²) in [6.45, 7) is -3.17. The molecule has 0 N–H and O–H groups in total. The lowest BCUT2D eigenvalue weighted by Gasteiger charge is -2.06. The molecule has 82 valence electrons. The van der Waals surface area contributed by atoms with Crippen molar-refractivity contribution < 1.29 is 18.4 Å². The highest BCUT2D eigenvalue weighted by Crippen LogP contribution is 2.39. The number of halogens is 4. The Kier molecular flexibility index (Phi) is 3.65. The number of ether oxygens (including phenoxy) is 1. The maximum absolute atomic E-state index is 11.9. The van der Waals surface area contributed by atoms with Gasteiger partial charge in [0.05, 0.1) is 9.95 Å². The lowest BCUT2D eigenvalue weighted by atomic mass is 10.3. The first-order valence-electron chi connectivity index (χ1n) is 3.50. The largest absolute Gasteiger partial charge is 0.427 e. The minimum atomic E-state index is -3.17. The van der Waals surface area contributed by atoms with Gasteiger partial charge in [0.15, 0.2) is 0 Å². The fourth-order valence-corrected chi connectivity index (χ4v) is 1.26. The molecular formula is C7H3Cl2F2NO3. The Morgan fingerprint density at radius 3 is 2.47 bits per heavy atom. The van der Waals surface area contributed by atoms with Crippen molar-refractivity contribution >= 4 is 28.9 Å². The van der Waals surface area contributed by atoms with Crippen LogP contribution in [0, 0.1) is 10.1 Å². The predicted octanol–water partition coefficient (Wildman–Crippen LogP) is 3.50. The number of benzene rings is 1. The van der Waals surface area contributed by atoms with Crippen molar-refractivity contribution in [1.29, 1.82) is 0 Å². The van der Waals surface area contributed by atoms with Crippen molar-refractivity contribution in [2.24, 2.45) is 0 Å². The maximum atomic E-state index is 11.9. The fourth-order valence-electron chi connectivity index (χ4n) is 0.883. The Labute approximate surface area is 92.5 Å². The molecule has 1 rings (SSSR count). The summed E-state index contributed by atoms with van der Waals surface area (Å²) in [5, 5.41) is 9.98. The Balaban J connectivity index is 3.27. The third-order valence-electron chi connectivity index (χ3n) is 1.43. The Morgan fingerprint density at radius 2 is 2.00 bits per heavy atom. The van der Waals surface area contributed by atoms with Gasteiger partial charge in [0.2, 0.25) is 5.75 Å². The molecule has 1 aromatic carbocycles. The van der Waals surface area contributed by atoms with E-state index in [4.69, 9.17) is 23.2 Å². The first-order chi connectivity index (χ1) is 6.93. The van der Waals surface area contributed by atoms with E-state index in [0.717, 1.165) is 12.1 Å². The zero-order valence-corrected chi connectivity index (χ0v) is 8.43. The highest BCUT2D eigenvalue weighted by molar-refractivity contribution is 6.43. The molecular weight excluding hydrogens is 255 g/mol. The number of nitro groups is 1. The zero-order valence-electron chi connectivity index (χ0n) is 6.92. The molecule has 0 aliphatic rings. The minimum absolute atomic E-state index is 0.106. The van der Waals surface area contributed by atoms with E-state index in [1.54, 1.807) is 0 Å². The van der Waals surface area contributed by atoms with Gasteiger partial charge in [-0.05, 0) is 12.1 Å². The van der Waals surface area contributed by atoms with Crippen LogP contribution >= 0.6 is 23.2 Å². The van der Waals surface area contributed by atoms with Crippen LogP contribution in [0.15, 0.2) is 12.1 Å². The van der Waals surface area contributed by atoms with Crippen LogP contribution in [0.2, 0.25) is 10.0 Å². The third-order valence-corrected chi connectivity index (χ3v) is 2.22. The molecule has 0 fully saturated rings. The van der Waals surface area contributed by atoms with Crippen molar-refractivity contribution in [3.8, 4) is 5.75 Å². The fraction of sp³-hybridized carbons (Fsp3) is 0.143. The summed E-state index contributed by atoms with van der Waals surface area (Å²) < 4.78 is 27.7. The van der Waals surface area contributed by atoms with Crippen LogP contribution in [0.25, 0.3) is 0 Å². The molecule has 0 saturated carbocycles. The van der Waals surface area contributed by atoms with E-state index in [-0.39, 0.29) is 5.02 Å². The summed E-state index contributed by atoms with van der Waals surface area (Å²) in [6.07, 6.45) is 0. The van der Waals surface area contributed by atoms with E-state index < -0.39 is 28.0 Å². The molecule has 0 saturated heterocycles. The summed E-state index contributed by atoms with van der Waals surface area (Å²) in [5.74, 6) is -0.621. The van der Waals surface area contributed by atoms with Gasteiger partial charge in [-0.25, -0.2) is 0 Å². The van der Waals surface area contributed by atoms with E-state index >= 15 is 0 Å². The average Bonchev–Trinajstić information content (AvgIpc) is 2.10. The Bertz CT molecular complexity index is 400. The molecule has 0 heterocycles. The van der Waals surface area contributed by atoms with E-state index in [0.29, 0.717) is 0 Å². The second-order valence-electron chi connectivity index (χ2n) is 2.34. The molecule has 0 aromatic heterocycles. The van der Waals surface area contributed by atoms with Gasteiger partial charge in [0.25, 0.3) is 0 Å². The molecule has 4 nitrogen and oxygen atoms in total. The number of hydrogen-bond acceptors (Lipinski definition) is 3. The van der Waals surface area contributed by atoms with Crippen molar-refractivity contribution in [1.82, 2.24) is 0 Å². The molecule has 0 aliphatic carbocycles. The SMILES string of the molecule is O=[N+]([O-])c1c(OC(F)F)ccc(Cl)c1Cl. The van der Waals surface area contributed by atoms with Crippen LogP contribution in [0.4, 0.5) is 14.5 Å². The van der Waals surface area contributed by atoms with Gasteiger partial charge in [0, 0.05) is 0 Å². The first-order valence-corrected chi connectivity index (χ1v) is 4.26. The summed E-state index contributed by atoms with van der Waals surface area (Å²) in [7, 11) is 0. The van der Waals surface area contributed by atoms with Gasteiger partial charge in [-0.3, -0.25) is 10.1 Å². The van der Waals surface area contributed by atoms with Gasteiger partial charge < -0.3 is 4.74 Å². The van der Waals surface area contributed by atoms with Crippen LogP contribution in [-0.4, -0.2) is 11.5 Å². The number of nitro benzene ring substituents is 1. The summed E-state index contributed by atoms with van der Waals surface area (Å²) in [6, 6.07) is 2.09. The molecule has 8 heteroatoms. The molecule has 0 bridgehead atoms. The van der Waals surface area contributed by atoms with Gasteiger partial charge in [-0.2, -0.15) is 8.78 Å². The van der Waals surface area contributed by atoms with Crippen molar-refractivity contribution in [2.75, 3.05) is 0 Å². The Hall–Kier alpha value is -1.14. The van der Waals surface area contributed by atoms with E-state index in [2.05, 4.69) is 4.74 Å². The molecule has 1 aromatic rings. The molecule has 0 atom stereocenters. The van der Waals surface area contributed by atoms with Crippen molar-refractivity contribution in [3.05, 3.63) is 32.3 Å². The van der Waals surface area contributed by atoms with E-state index in [1.165, 1.54) is 0 Å². The monoisotopic (exact) mass is 257 g/mol. The first kappa shape index (κ1) is 11.9. The van der Waals surface area contributed by atoms with Gasteiger partial charge in [-0.15, -0.1) is 0 Å². The quantitative estimate of drug-likeness (QED) is 0.615. The van der Waals surface area contributed by atoms with Gasteiger partial charge in [-0.1, -0.05) is 23.2 Å². The molecule has 0 unspecified atom stereocenters. The number of hydrogen-bond donors (Lipinski definition) is 0. The molecule has 0 spiro atoms. The minimum Gasteiger partial charge on any atom is -0.427 e. The maximum Gasteiger partial charge on any atom is 0.387 e. The van der Waals surface area contributed by atoms with Crippen LogP contribution in [0.5, 0.6) is 5.75 Å². The standard InChI is InChI=1S/C7H3Cl2F2NO3/c8-3-1-2-4(15-7(10)11)6(5(3)9)12(13)14/h1-2,7H. The topological polar surface area (TPSA) is 52.4 Å². The number of alkyl halides is 2. The smallest absolute Gasteiger partial charge is 0.387 e.